The van der Waals surface area contributed by atoms with E-state index >= 15 is 0 Å². The Morgan fingerprint density at radius 1 is 0.871 bits per heavy atom. The number of rotatable bonds is 16. The van der Waals surface area contributed by atoms with Crippen LogP contribution >= 0.6 is 0 Å². The normalized spacial score (nSPS) is 12.3. The van der Waals surface area contributed by atoms with Crippen molar-refractivity contribution in [3.63, 3.8) is 0 Å². The molecule has 0 spiro atoms. The molecule has 0 aliphatic heterocycles. The molecule has 1 aromatic carbocycles. The van der Waals surface area contributed by atoms with Gasteiger partial charge in [0.1, 0.15) is 0 Å². The van der Waals surface area contributed by atoms with Crippen molar-refractivity contribution < 1.29 is 9.53 Å². The molecule has 0 unspecified atom stereocenters. The number of unbranched alkanes of at least 4 members (excludes halogenated alkanes) is 4. The Morgan fingerprint density at radius 2 is 1.45 bits per heavy atom. The van der Waals surface area contributed by atoms with Gasteiger partial charge in [0.05, 0.1) is 0 Å². The standard InChI is InChI=1S/C16H21O2.3C4H9.Sn/c1-4-6-8-13(7-5-2)14-9-11-15(12-10-14)16(17)18-3;3*1-3-4-2;/h8-9,11-12H,4-7H2,1-3H3;3*1,3-4H2,2H3;/b13-8+;;;;. The van der Waals surface area contributed by atoms with Crippen LogP contribution in [0, 0.1) is 0 Å². The average Bonchev–Trinajstić information content (AvgIpc) is 2.80. The van der Waals surface area contributed by atoms with Crippen LogP contribution in [0.25, 0.3) is 5.57 Å². The zero-order valence-electron chi connectivity index (χ0n) is 21.3. The third-order valence-electron chi connectivity index (χ3n) is 6.58. The number of methoxy groups -OCH3 is 1. The first-order valence-corrected chi connectivity index (χ1v) is 20.4. The van der Waals surface area contributed by atoms with Gasteiger partial charge >= 0.3 is 198 Å². The number of esters is 1. The number of carbonyl (C=O) groups excluding carboxylic acids is 1. The van der Waals surface area contributed by atoms with Crippen molar-refractivity contribution in [2.45, 2.75) is 112 Å². The topological polar surface area (TPSA) is 26.3 Å². The Morgan fingerprint density at radius 3 is 1.90 bits per heavy atom. The Labute approximate surface area is 197 Å². The van der Waals surface area contributed by atoms with Crippen LogP contribution in [-0.4, -0.2) is 31.5 Å². The van der Waals surface area contributed by atoms with Crippen LogP contribution in [0.5, 0.6) is 0 Å². The van der Waals surface area contributed by atoms with E-state index in [-0.39, 0.29) is 5.97 Å². The second kappa shape index (κ2) is 15.9. The van der Waals surface area contributed by atoms with Gasteiger partial charge < -0.3 is 0 Å². The monoisotopic (exact) mass is 536 g/mol. The minimum atomic E-state index is -2.72. The van der Waals surface area contributed by atoms with E-state index < -0.39 is 18.4 Å². The van der Waals surface area contributed by atoms with Crippen LogP contribution in [-0.2, 0) is 4.74 Å². The maximum absolute atomic E-state index is 12.5. The van der Waals surface area contributed by atoms with E-state index in [2.05, 4.69) is 52.8 Å². The molecular weight excluding hydrogens is 487 g/mol. The molecule has 3 heteroatoms. The quantitative estimate of drug-likeness (QED) is 0.157. The summed E-state index contributed by atoms with van der Waals surface area (Å²) in [5, 5.41) is 0. The van der Waals surface area contributed by atoms with Crippen LogP contribution in [0.15, 0.2) is 24.3 Å². The SMILES string of the molecule is CCC/C=C(\CCC)c1ccc(C(=O)OC)c[c]1[Sn]([CH2]CCC)([CH2]CCC)[CH2]CCC. The predicted octanol–water partition coefficient (Wildman–Crippen LogP) is 8.51. The van der Waals surface area contributed by atoms with Crippen molar-refractivity contribution in [1.29, 1.82) is 0 Å². The van der Waals surface area contributed by atoms with Gasteiger partial charge in [0, 0.05) is 0 Å². The summed E-state index contributed by atoms with van der Waals surface area (Å²) in [5.41, 5.74) is 3.74. The second-order valence-electron chi connectivity index (χ2n) is 9.11. The molecule has 1 rings (SSSR count). The number of carbonyl (C=O) groups is 1. The van der Waals surface area contributed by atoms with Crippen molar-refractivity contribution in [1.82, 2.24) is 0 Å². The van der Waals surface area contributed by atoms with Crippen molar-refractivity contribution in [3.8, 4) is 0 Å². The molecule has 2 nitrogen and oxygen atoms in total. The summed E-state index contributed by atoms with van der Waals surface area (Å²) < 4.78 is 11.0. The number of allylic oxidation sites excluding steroid dienone is 2. The molecule has 0 aliphatic carbocycles. The molecule has 0 fully saturated rings. The Balaban J connectivity index is 3.76. The Kier molecular flexibility index (Phi) is 14.5. The summed E-state index contributed by atoms with van der Waals surface area (Å²) in [7, 11) is 1.50. The molecule has 1 aromatic rings. The molecule has 0 saturated carbocycles. The third-order valence-corrected chi connectivity index (χ3v) is 22.2. The number of ether oxygens (including phenoxy) is 1. The van der Waals surface area contributed by atoms with Gasteiger partial charge in [-0.2, -0.15) is 0 Å². The fourth-order valence-corrected chi connectivity index (χ4v) is 21.7. The molecule has 0 atom stereocenters. The van der Waals surface area contributed by atoms with Crippen molar-refractivity contribution in [3.05, 3.63) is 35.4 Å². The van der Waals surface area contributed by atoms with E-state index in [9.17, 15) is 4.79 Å². The van der Waals surface area contributed by atoms with E-state index in [0.717, 1.165) is 24.8 Å². The molecule has 0 aromatic heterocycles. The third kappa shape index (κ3) is 8.59. The van der Waals surface area contributed by atoms with Gasteiger partial charge in [-0.1, -0.05) is 0 Å². The second-order valence-corrected chi connectivity index (χ2v) is 22.2. The first-order chi connectivity index (χ1) is 15.0. The fraction of sp³-hybridized carbons (Fsp3) is 0.679. The summed E-state index contributed by atoms with van der Waals surface area (Å²) in [5.74, 6) is -0.191. The van der Waals surface area contributed by atoms with Gasteiger partial charge in [-0.25, -0.2) is 0 Å². The molecule has 31 heavy (non-hydrogen) atoms. The zero-order valence-corrected chi connectivity index (χ0v) is 24.2. The van der Waals surface area contributed by atoms with Crippen molar-refractivity contribution >= 4 is 33.5 Å². The molecular formula is C28H48O2Sn. The van der Waals surface area contributed by atoms with Crippen LogP contribution in [0.2, 0.25) is 13.3 Å². The van der Waals surface area contributed by atoms with Crippen LogP contribution in [0.4, 0.5) is 0 Å². The Bertz CT molecular complexity index is 656. The summed E-state index contributed by atoms with van der Waals surface area (Å²) in [6.45, 7) is 11.5. The van der Waals surface area contributed by atoms with Gasteiger partial charge in [0.2, 0.25) is 0 Å². The van der Waals surface area contributed by atoms with Gasteiger partial charge in [-0.05, 0) is 0 Å². The number of hydrogen-bond donors (Lipinski definition) is 0. The van der Waals surface area contributed by atoms with E-state index in [1.54, 1.807) is 3.58 Å². The molecule has 0 heterocycles. The van der Waals surface area contributed by atoms with Crippen molar-refractivity contribution in [2.75, 3.05) is 7.11 Å². The molecule has 0 bridgehead atoms. The average molecular weight is 535 g/mol. The van der Waals surface area contributed by atoms with E-state index in [1.807, 2.05) is 6.07 Å². The van der Waals surface area contributed by atoms with Gasteiger partial charge in [-0.15, -0.1) is 0 Å². The van der Waals surface area contributed by atoms with Gasteiger partial charge in [0.25, 0.3) is 0 Å². The summed E-state index contributed by atoms with van der Waals surface area (Å²) in [4.78, 5) is 12.5. The van der Waals surface area contributed by atoms with Gasteiger partial charge in [-0.3, -0.25) is 0 Å². The first kappa shape index (κ1) is 28.3. The summed E-state index contributed by atoms with van der Waals surface area (Å²) in [6, 6.07) is 6.57. The fourth-order valence-electron chi connectivity index (χ4n) is 4.77. The molecule has 0 aliphatic rings. The molecule has 0 amide bonds. The predicted molar refractivity (Wildman–Crippen MR) is 140 cm³/mol. The Hall–Kier alpha value is -0.771. The number of hydrogen-bond acceptors (Lipinski definition) is 2. The molecule has 0 saturated heterocycles. The molecule has 0 radical (unpaired) electrons. The van der Waals surface area contributed by atoms with Crippen LogP contribution in [0.3, 0.4) is 0 Å². The molecule has 176 valence electrons. The first-order valence-electron chi connectivity index (χ1n) is 13.0. The van der Waals surface area contributed by atoms with Gasteiger partial charge in [0.15, 0.2) is 0 Å². The van der Waals surface area contributed by atoms with E-state index in [0.29, 0.717) is 0 Å². The van der Waals surface area contributed by atoms with Crippen LogP contribution < -0.4 is 3.58 Å². The van der Waals surface area contributed by atoms with Crippen LogP contribution in [0.1, 0.15) is 115 Å². The number of benzene rings is 1. The van der Waals surface area contributed by atoms with E-state index in [4.69, 9.17) is 4.74 Å². The summed E-state index contributed by atoms with van der Waals surface area (Å²) >= 11 is -2.72. The zero-order chi connectivity index (χ0) is 23.1. The van der Waals surface area contributed by atoms with Crippen molar-refractivity contribution in [2.24, 2.45) is 0 Å². The molecule has 0 N–H and O–H groups in total. The maximum atomic E-state index is 12.5. The summed E-state index contributed by atoms with van der Waals surface area (Å²) in [6.07, 6.45) is 14.8. The minimum absolute atomic E-state index is 0.191. The van der Waals surface area contributed by atoms with E-state index in [1.165, 1.54) is 76.5 Å².